The zero-order valence-electron chi connectivity index (χ0n) is 11.2. The van der Waals surface area contributed by atoms with Crippen LogP contribution in [0, 0.1) is 13.8 Å². The van der Waals surface area contributed by atoms with E-state index in [0.29, 0.717) is 6.42 Å². The van der Waals surface area contributed by atoms with Crippen molar-refractivity contribution >= 4 is 11.3 Å². The lowest BCUT2D eigenvalue weighted by Crippen LogP contribution is -2.12. The number of hydrogen-bond donors (Lipinski definition) is 1. The quantitative estimate of drug-likeness (QED) is 0.901. The second kappa shape index (κ2) is 5.67. The Morgan fingerprint density at radius 2 is 2.22 bits per heavy atom. The van der Waals surface area contributed by atoms with Crippen molar-refractivity contribution in [3.05, 3.63) is 39.3 Å². The summed E-state index contributed by atoms with van der Waals surface area (Å²) in [6.07, 6.45) is 2.18. The van der Waals surface area contributed by atoms with E-state index in [0.717, 1.165) is 24.2 Å². The molecule has 2 heterocycles. The lowest BCUT2D eigenvalue weighted by atomic mass is 10.0. The maximum atomic E-state index is 10.1. The second-order valence-corrected chi connectivity index (χ2v) is 5.58. The first-order valence-corrected chi connectivity index (χ1v) is 7.20. The molecule has 0 saturated heterocycles. The van der Waals surface area contributed by atoms with Crippen molar-refractivity contribution in [1.29, 1.82) is 0 Å². The van der Waals surface area contributed by atoms with Gasteiger partial charge in [0.05, 0.1) is 11.8 Å². The molecular weight excluding hydrogens is 244 g/mol. The first-order chi connectivity index (χ1) is 8.58. The highest BCUT2D eigenvalue weighted by molar-refractivity contribution is 7.07. The molecule has 0 bridgehead atoms. The Hall–Kier alpha value is -1.13. The van der Waals surface area contributed by atoms with Gasteiger partial charge in [-0.3, -0.25) is 4.68 Å². The molecule has 1 unspecified atom stereocenters. The van der Waals surface area contributed by atoms with E-state index in [1.54, 1.807) is 11.3 Å². The summed E-state index contributed by atoms with van der Waals surface area (Å²) in [7, 11) is 1.95. The van der Waals surface area contributed by atoms with E-state index in [9.17, 15) is 5.11 Å². The van der Waals surface area contributed by atoms with Crippen molar-refractivity contribution in [2.45, 2.75) is 39.2 Å². The first-order valence-electron chi connectivity index (χ1n) is 6.26. The van der Waals surface area contributed by atoms with Gasteiger partial charge in [-0.25, -0.2) is 0 Å². The largest absolute Gasteiger partial charge is 0.393 e. The topological polar surface area (TPSA) is 38.0 Å². The zero-order chi connectivity index (χ0) is 13.1. The number of thiophene rings is 1. The Balaban J connectivity index is 1.92. The van der Waals surface area contributed by atoms with Gasteiger partial charge in [0.1, 0.15) is 0 Å². The van der Waals surface area contributed by atoms with E-state index < -0.39 is 0 Å². The molecule has 2 aromatic rings. The second-order valence-electron chi connectivity index (χ2n) is 4.80. The maximum absolute atomic E-state index is 10.1. The molecule has 0 aliphatic carbocycles. The molecule has 0 fully saturated rings. The molecular formula is C14H20N2OS. The van der Waals surface area contributed by atoms with E-state index in [1.807, 2.05) is 18.7 Å². The van der Waals surface area contributed by atoms with Crippen molar-refractivity contribution in [3.8, 4) is 0 Å². The monoisotopic (exact) mass is 264 g/mol. The summed E-state index contributed by atoms with van der Waals surface area (Å²) >= 11 is 1.71. The predicted octanol–water partition coefficient (Wildman–Crippen LogP) is 2.63. The molecule has 4 heteroatoms. The van der Waals surface area contributed by atoms with Crippen LogP contribution in [0.25, 0.3) is 0 Å². The van der Waals surface area contributed by atoms with Crippen molar-refractivity contribution in [2.24, 2.45) is 7.05 Å². The molecule has 0 radical (unpaired) electrons. The van der Waals surface area contributed by atoms with Crippen LogP contribution in [0.4, 0.5) is 0 Å². The molecule has 0 aromatic carbocycles. The van der Waals surface area contributed by atoms with Crippen LogP contribution in [-0.4, -0.2) is 21.0 Å². The summed E-state index contributed by atoms with van der Waals surface area (Å²) in [5.74, 6) is 0. The van der Waals surface area contributed by atoms with Crippen molar-refractivity contribution in [2.75, 3.05) is 0 Å². The number of rotatable bonds is 5. The number of aliphatic hydroxyl groups excluding tert-OH is 1. The van der Waals surface area contributed by atoms with Crippen LogP contribution < -0.4 is 0 Å². The molecule has 2 aromatic heterocycles. The standard InChI is InChI=1S/C14H20N2OS/c1-10-14(11(2)16(3)15-10)8-13(17)5-4-12-6-7-18-9-12/h6-7,9,13,17H,4-5,8H2,1-3H3. The lowest BCUT2D eigenvalue weighted by molar-refractivity contribution is 0.165. The van der Waals surface area contributed by atoms with Crippen LogP contribution in [0.15, 0.2) is 16.8 Å². The Labute approximate surface area is 112 Å². The Morgan fingerprint density at radius 3 is 2.78 bits per heavy atom. The number of aliphatic hydroxyl groups is 1. The van der Waals surface area contributed by atoms with Crippen LogP contribution in [0.2, 0.25) is 0 Å². The van der Waals surface area contributed by atoms with Crippen molar-refractivity contribution < 1.29 is 5.11 Å². The highest BCUT2D eigenvalue weighted by atomic mass is 32.1. The van der Waals surface area contributed by atoms with Gasteiger partial charge in [-0.1, -0.05) is 0 Å². The first kappa shape index (κ1) is 13.3. The summed E-state index contributed by atoms with van der Waals surface area (Å²) < 4.78 is 1.89. The SMILES string of the molecule is Cc1nn(C)c(C)c1CC(O)CCc1ccsc1. The molecule has 2 rings (SSSR count). The van der Waals surface area contributed by atoms with Crippen LogP contribution in [0.1, 0.15) is 28.9 Å². The van der Waals surface area contributed by atoms with E-state index in [1.165, 1.54) is 11.1 Å². The fourth-order valence-corrected chi connectivity index (χ4v) is 2.92. The van der Waals surface area contributed by atoms with Gasteiger partial charge >= 0.3 is 0 Å². The number of hydrogen-bond acceptors (Lipinski definition) is 3. The number of aromatic nitrogens is 2. The number of aryl methyl sites for hydroxylation is 3. The molecule has 1 atom stereocenters. The fourth-order valence-electron chi connectivity index (χ4n) is 2.22. The maximum Gasteiger partial charge on any atom is 0.0629 e. The van der Waals surface area contributed by atoms with Gasteiger partial charge in [-0.15, -0.1) is 0 Å². The van der Waals surface area contributed by atoms with Crippen molar-refractivity contribution in [3.63, 3.8) is 0 Å². The normalized spacial score (nSPS) is 12.9. The molecule has 0 saturated carbocycles. The zero-order valence-corrected chi connectivity index (χ0v) is 12.0. The van der Waals surface area contributed by atoms with Gasteiger partial charge in [0, 0.05) is 19.2 Å². The van der Waals surface area contributed by atoms with Gasteiger partial charge in [0.25, 0.3) is 0 Å². The number of nitrogens with zero attached hydrogens (tertiary/aromatic N) is 2. The Morgan fingerprint density at radius 1 is 1.44 bits per heavy atom. The van der Waals surface area contributed by atoms with E-state index >= 15 is 0 Å². The smallest absolute Gasteiger partial charge is 0.0629 e. The van der Waals surface area contributed by atoms with Crippen LogP contribution >= 0.6 is 11.3 Å². The van der Waals surface area contributed by atoms with Gasteiger partial charge in [-0.05, 0) is 54.6 Å². The summed E-state index contributed by atoms with van der Waals surface area (Å²) in [6, 6.07) is 2.12. The summed E-state index contributed by atoms with van der Waals surface area (Å²) in [4.78, 5) is 0. The molecule has 0 aliphatic rings. The minimum Gasteiger partial charge on any atom is -0.393 e. The van der Waals surface area contributed by atoms with Crippen molar-refractivity contribution in [1.82, 2.24) is 9.78 Å². The van der Waals surface area contributed by atoms with E-state index in [4.69, 9.17) is 0 Å². The van der Waals surface area contributed by atoms with Crippen LogP contribution in [0.5, 0.6) is 0 Å². The summed E-state index contributed by atoms with van der Waals surface area (Å²) in [6.45, 7) is 4.06. The lowest BCUT2D eigenvalue weighted by Gasteiger charge is -2.10. The predicted molar refractivity (Wildman–Crippen MR) is 75.0 cm³/mol. The van der Waals surface area contributed by atoms with Crippen LogP contribution in [0.3, 0.4) is 0 Å². The minimum atomic E-state index is -0.286. The molecule has 0 aliphatic heterocycles. The highest BCUT2D eigenvalue weighted by Crippen LogP contribution is 2.17. The highest BCUT2D eigenvalue weighted by Gasteiger charge is 2.14. The van der Waals surface area contributed by atoms with Crippen LogP contribution in [-0.2, 0) is 19.9 Å². The van der Waals surface area contributed by atoms with Gasteiger partial charge < -0.3 is 5.11 Å². The van der Waals surface area contributed by atoms with Gasteiger partial charge in [-0.2, -0.15) is 16.4 Å². The fraction of sp³-hybridized carbons (Fsp3) is 0.500. The molecule has 0 spiro atoms. The third kappa shape index (κ3) is 3.00. The average Bonchev–Trinajstić information content (AvgIpc) is 2.92. The van der Waals surface area contributed by atoms with Gasteiger partial charge in [0.2, 0.25) is 0 Å². The third-order valence-corrected chi connectivity index (χ3v) is 4.18. The Kier molecular flexibility index (Phi) is 4.19. The molecule has 3 nitrogen and oxygen atoms in total. The summed E-state index contributed by atoms with van der Waals surface area (Å²) in [5.41, 5.74) is 4.70. The van der Waals surface area contributed by atoms with E-state index in [2.05, 4.69) is 28.8 Å². The van der Waals surface area contributed by atoms with E-state index in [-0.39, 0.29) is 6.10 Å². The molecule has 0 amide bonds. The Bertz CT molecular complexity index is 502. The molecule has 18 heavy (non-hydrogen) atoms. The third-order valence-electron chi connectivity index (χ3n) is 3.44. The summed E-state index contributed by atoms with van der Waals surface area (Å²) in [5, 5.41) is 18.7. The minimum absolute atomic E-state index is 0.286. The molecule has 98 valence electrons. The average molecular weight is 264 g/mol. The van der Waals surface area contributed by atoms with Gasteiger partial charge in [0.15, 0.2) is 0 Å². The molecule has 1 N–H and O–H groups in total.